The zero-order chi connectivity index (χ0) is 14.9. The van der Waals surface area contributed by atoms with Crippen molar-refractivity contribution >= 4 is 22.7 Å². The van der Waals surface area contributed by atoms with Crippen LogP contribution in [-0.2, 0) is 0 Å². The van der Waals surface area contributed by atoms with Gasteiger partial charge in [-0.1, -0.05) is 12.1 Å². The molecule has 0 atom stereocenters. The first-order chi connectivity index (χ1) is 10.0. The summed E-state index contributed by atoms with van der Waals surface area (Å²) >= 11 is 1.51. The number of thiazole rings is 1. The first-order valence-corrected chi connectivity index (χ1v) is 6.97. The van der Waals surface area contributed by atoms with E-state index in [2.05, 4.69) is 9.98 Å². The predicted molar refractivity (Wildman–Crippen MR) is 77.5 cm³/mol. The quantitative estimate of drug-likeness (QED) is 0.835. The molecule has 21 heavy (non-hydrogen) atoms. The molecule has 7 heteroatoms. The number of benzene rings is 1. The minimum absolute atomic E-state index is 0.0442. The van der Waals surface area contributed by atoms with Crippen LogP contribution in [0.4, 0.5) is 18.9 Å². The van der Waals surface area contributed by atoms with E-state index in [1.54, 1.807) is 16.6 Å². The van der Waals surface area contributed by atoms with Gasteiger partial charge in [-0.3, -0.25) is 9.98 Å². The van der Waals surface area contributed by atoms with Gasteiger partial charge in [0, 0.05) is 18.1 Å². The molecule has 0 amide bonds. The molecule has 0 saturated carbocycles. The van der Waals surface area contributed by atoms with Gasteiger partial charge in [-0.15, -0.1) is 11.3 Å². The first kappa shape index (κ1) is 13.8. The Hall–Kier alpha value is -2.15. The molecule has 3 rings (SSSR count). The molecule has 3 nitrogen and oxygen atoms in total. The minimum Gasteiger partial charge on any atom is -0.328 e. The van der Waals surface area contributed by atoms with E-state index in [9.17, 15) is 13.2 Å². The maximum Gasteiger partial charge on any atom is 0.433 e. The van der Waals surface area contributed by atoms with Crippen LogP contribution in [0, 0.1) is 0 Å². The summed E-state index contributed by atoms with van der Waals surface area (Å²) in [6.07, 6.45) is -0.243. The minimum atomic E-state index is -4.40. The highest BCUT2D eigenvalue weighted by Gasteiger charge is 2.34. The summed E-state index contributed by atoms with van der Waals surface area (Å²) in [7, 11) is 0. The summed E-state index contributed by atoms with van der Waals surface area (Å²) < 4.78 is 37.5. The summed E-state index contributed by atoms with van der Waals surface area (Å²) in [5, 5.41) is 0. The first-order valence-electron chi connectivity index (χ1n) is 6.09. The maximum absolute atomic E-state index is 12.5. The van der Waals surface area contributed by atoms with Crippen LogP contribution in [0.1, 0.15) is 0 Å². The van der Waals surface area contributed by atoms with Crippen molar-refractivity contribution in [2.45, 2.75) is 6.18 Å². The van der Waals surface area contributed by atoms with Gasteiger partial charge < -0.3 is 4.90 Å². The average molecular weight is 309 g/mol. The second-order valence-corrected chi connectivity index (χ2v) is 5.27. The van der Waals surface area contributed by atoms with Crippen molar-refractivity contribution in [1.29, 1.82) is 0 Å². The largest absolute Gasteiger partial charge is 0.433 e. The third-order valence-corrected chi connectivity index (χ3v) is 3.81. The summed E-state index contributed by atoms with van der Waals surface area (Å²) in [6, 6.07) is 7.55. The van der Waals surface area contributed by atoms with E-state index in [1.807, 2.05) is 24.3 Å². The molecule has 1 aromatic heterocycles. The lowest BCUT2D eigenvalue weighted by atomic mass is 10.1. The fourth-order valence-electron chi connectivity index (χ4n) is 1.96. The Kier molecular flexibility index (Phi) is 3.50. The third-order valence-electron chi connectivity index (χ3n) is 2.99. The van der Waals surface area contributed by atoms with Gasteiger partial charge in [-0.05, 0) is 23.8 Å². The highest BCUT2D eigenvalue weighted by Crippen LogP contribution is 2.28. The van der Waals surface area contributed by atoms with Gasteiger partial charge in [0.15, 0.2) is 0 Å². The molecule has 1 aliphatic rings. The molecule has 1 aliphatic heterocycles. The second kappa shape index (κ2) is 5.33. The highest BCUT2D eigenvalue weighted by molar-refractivity contribution is 7.13. The lowest BCUT2D eigenvalue weighted by Crippen LogP contribution is -2.28. The number of halogens is 3. The second-order valence-electron chi connectivity index (χ2n) is 4.38. The van der Waals surface area contributed by atoms with E-state index in [0.29, 0.717) is 0 Å². The predicted octanol–water partition coefficient (Wildman–Crippen LogP) is 4.10. The topological polar surface area (TPSA) is 28.5 Å². The lowest BCUT2D eigenvalue weighted by molar-refractivity contribution is -0.0579. The number of hydrogen-bond donors (Lipinski definition) is 0. The Balaban J connectivity index is 1.82. The molecule has 0 saturated heterocycles. The normalized spacial score (nSPS) is 15.2. The summed E-state index contributed by atoms with van der Waals surface area (Å²) in [5.41, 5.74) is 2.66. The van der Waals surface area contributed by atoms with E-state index in [0.717, 1.165) is 22.2 Å². The van der Waals surface area contributed by atoms with Crippen LogP contribution in [0.15, 0.2) is 53.2 Å². The standard InChI is InChI=1S/C14H10F3N3S/c15-14(16,17)13-4-5-20(8-19-13)11-3-1-2-10(6-11)12-7-18-9-21-12/h1-7,9H,8H2. The van der Waals surface area contributed by atoms with Crippen LogP contribution >= 0.6 is 11.3 Å². The van der Waals surface area contributed by atoms with Gasteiger partial charge in [0.2, 0.25) is 0 Å². The van der Waals surface area contributed by atoms with Crippen LogP contribution in [0.2, 0.25) is 0 Å². The van der Waals surface area contributed by atoms with Crippen molar-refractivity contribution in [3.8, 4) is 10.4 Å². The monoisotopic (exact) mass is 309 g/mol. The molecular formula is C14H10F3N3S. The Bertz CT molecular complexity index is 690. The van der Waals surface area contributed by atoms with E-state index < -0.39 is 11.9 Å². The SMILES string of the molecule is FC(F)(F)C1=NCN(c2cccc(-c3cncs3)c2)C=C1. The van der Waals surface area contributed by atoms with Gasteiger partial charge in [0.05, 0.1) is 10.4 Å². The number of allylic oxidation sites excluding steroid dienone is 1. The van der Waals surface area contributed by atoms with E-state index >= 15 is 0 Å². The van der Waals surface area contributed by atoms with Gasteiger partial charge in [-0.25, -0.2) is 0 Å². The van der Waals surface area contributed by atoms with Gasteiger partial charge in [0.25, 0.3) is 0 Å². The molecule has 0 N–H and O–H groups in total. The zero-order valence-electron chi connectivity index (χ0n) is 10.7. The van der Waals surface area contributed by atoms with Crippen LogP contribution in [-0.4, -0.2) is 23.5 Å². The average Bonchev–Trinajstić information content (AvgIpc) is 3.01. The molecule has 0 aliphatic carbocycles. The molecule has 0 spiro atoms. The Labute approximate surface area is 123 Å². The van der Waals surface area contributed by atoms with Crippen molar-refractivity contribution in [3.05, 3.63) is 48.2 Å². The maximum atomic E-state index is 12.5. The van der Waals surface area contributed by atoms with Crippen molar-refractivity contribution in [2.75, 3.05) is 11.6 Å². The Morgan fingerprint density at radius 2 is 2.10 bits per heavy atom. The van der Waals surface area contributed by atoms with Gasteiger partial charge >= 0.3 is 6.18 Å². The Morgan fingerprint density at radius 3 is 2.71 bits per heavy atom. The summed E-state index contributed by atoms with van der Waals surface area (Å²) in [5.74, 6) is 0. The molecule has 2 aromatic rings. The van der Waals surface area contributed by atoms with Gasteiger partial charge in [-0.2, -0.15) is 13.2 Å². The number of anilines is 1. The number of aliphatic imine (C=N–C) groups is 1. The molecule has 1 aromatic carbocycles. The van der Waals surface area contributed by atoms with Crippen molar-refractivity contribution in [2.24, 2.45) is 4.99 Å². The summed E-state index contributed by atoms with van der Waals surface area (Å²) in [6.45, 7) is -0.0442. The number of nitrogens with zero attached hydrogens (tertiary/aromatic N) is 3. The number of rotatable bonds is 2. The molecule has 0 bridgehead atoms. The molecular weight excluding hydrogens is 299 g/mol. The van der Waals surface area contributed by atoms with Crippen LogP contribution < -0.4 is 4.90 Å². The number of hydrogen-bond acceptors (Lipinski definition) is 4. The number of aromatic nitrogens is 1. The molecule has 2 heterocycles. The van der Waals surface area contributed by atoms with Crippen LogP contribution in [0.5, 0.6) is 0 Å². The molecule has 108 valence electrons. The van der Waals surface area contributed by atoms with Crippen molar-refractivity contribution in [1.82, 2.24) is 4.98 Å². The van der Waals surface area contributed by atoms with E-state index in [1.165, 1.54) is 17.5 Å². The zero-order valence-corrected chi connectivity index (χ0v) is 11.5. The summed E-state index contributed by atoms with van der Waals surface area (Å²) in [4.78, 5) is 10.3. The lowest BCUT2D eigenvalue weighted by Gasteiger charge is -2.23. The van der Waals surface area contributed by atoms with Crippen molar-refractivity contribution in [3.63, 3.8) is 0 Å². The smallest absolute Gasteiger partial charge is 0.328 e. The Morgan fingerprint density at radius 1 is 1.24 bits per heavy atom. The third kappa shape index (κ3) is 2.97. The highest BCUT2D eigenvalue weighted by atomic mass is 32.1. The molecule has 0 radical (unpaired) electrons. The van der Waals surface area contributed by atoms with E-state index in [4.69, 9.17) is 0 Å². The van der Waals surface area contributed by atoms with E-state index in [-0.39, 0.29) is 6.67 Å². The van der Waals surface area contributed by atoms with Crippen LogP contribution in [0.25, 0.3) is 10.4 Å². The van der Waals surface area contributed by atoms with Gasteiger partial charge in [0.1, 0.15) is 12.4 Å². The van der Waals surface area contributed by atoms with Crippen molar-refractivity contribution < 1.29 is 13.2 Å². The fourth-order valence-corrected chi connectivity index (χ4v) is 2.58. The fraction of sp³-hybridized carbons (Fsp3) is 0.143. The van der Waals surface area contributed by atoms with Crippen LogP contribution in [0.3, 0.4) is 0 Å². The molecule has 0 unspecified atom stereocenters. The number of alkyl halides is 3. The molecule has 0 fully saturated rings.